The number of anilines is 1. The maximum absolute atomic E-state index is 15.8. The fourth-order valence-corrected chi connectivity index (χ4v) is 12.7. The highest BCUT2D eigenvalue weighted by molar-refractivity contribution is 7.94. The van der Waals surface area contributed by atoms with Gasteiger partial charge in [0.25, 0.3) is 18.8 Å². The average molecular weight is 1010 g/mol. The van der Waals surface area contributed by atoms with Crippen LogP contribution in [0.15, 0.2) is 42.5 Å². The Morgan fingerprint density at radius 3 is 2.22 bits per heavy atom. The lowest BCUT2D eigenvalue weighted by Gasteiger charge is -2.34. The van der Waals surface area contributed by atoms with Gasteiger partial charge in [0.1, 0.15) is 46.6 Å². The first-order valence-corrected chi connectivity index (χ1v) is 25.3. The molecule has 23 heteroatoms. The van der Waals surface area contributed by atoms with Gasteiger partial charge in [0.05, 0.1) is 38.7 Å². The SMILES string of the molecule is CC(C)(C#Cc1ccc(-c2ccc(Cl)c3c(NS(=O)(=O)CC4CC4)nn(CC(F)F)c23)c([C@H](Cc2cc(F)cc(F)c2)NC(=O)Cn2nc(C(F)F)c3c2C(F)(F)[C@@H]2CC[C@H]32)n1)S(=O)(=O)C1CC1. The number of amides is 1. The van der Waals surface area contributed by atoms with Gasteiger partial charge in [-0.15, -0.1) is 0 Å². The summed E-state index contributed by atoms with van der Waals surface area (Å²) < 4.78 is 174. The van der Waals surface area contributed by atoms with E-state index in [0.717, 1.165) is 16.8 Å². The van der Waals surface area contributed by atoms with Crippen molar-refractivity contribution < 1.29 is 56.8 Å². The molecule has 5 aromatic rings. The number of sulfone groups is 1. The molecule has 2 aromatic carbocycles. The zero-order valence-electron chi connectivity index (χ0n) is 36.1. The van der Waals surface area contributed by atoms with Gasteiger partial charge in [-0.1, -0.05) is 23.6 Å². The van der Waals surface area contributed by atoms with Crippen molar-refractivity contribution in [3.05, 3.63) is 93.0 Å². The Hall–Kier alpha value is -5.27. The molecule has 3 atom stereocenters. The number of carbonyl (C=O) groups excluding carboxylic acids is 1. The van der Waals surface area contributed by atoms with Crippen molar-refractivity contribution in [2.24, 2.45) is 11.8 Å². The third-order valence-electron chi connectivity index (χ3n) is 12.9. The van der Waals surface area contributed by atoms with Crippen LogP contribution in [0, 0.1) is 35.3 Å². The molecule has 3 aromatic heterocycles. The Morgan fingerprint density at radius 1 is 0.912 bits per heavy atom. The number of aromatic nitrogens is 5. The minimum Gasteiger partial charge on any atom is -0.346 e. The third kappa shape index (κ3) is 9.05. The van der Waals surface area contributed by atoms with Crippen molar-refractivity contribution in [3.63, 3.8) is 0 Å². The Kier molecular flexibility index (Phi) is 12.2. The number of benzene rings is 2. The molecule has 0 spiro atoms. The Balaban J connectivity index is 1.21. The van der Waals surface area contributed by atoms with Gasteiger partial charge in [-0.3, -0.25) is 18.9 Å². The van der Waals surface area contributed by atoms with Crippen LogP contribution in [0.2, 0.25) is 5.02 Å². The number of pyridine rings is 1. The molecule has 3 saturated carbocycles. The molecule has 3 heterocycles. The summed E-state index contributed by atoms with van der Waals surface area (Å²) in [6.45, 7) is 0.720. The highest BCUT2D eigenvalue weighted by Crippen LogP contribution is 2.63. The summed E-state index contributed by atoms with van der Waals surface area (Å²) >= 11 is 6.68. The van der Waals surface area contributed by atoms with Crippen LogP contribution in [-0.2, 0) is 50.1 Å². The number of carbonyl (C=O) groups is 1. The first kappa shape index (κ1) is 47.8. The molecule has 12 nitrogen and oxygen atoms in total. The predicted molar refractivity (Wildman–Crippen MR) is 234 cm³/mol. The highest BCUT2D eigenvalue weighted by atomic mass is 35.5. The monoisotopic (exact) mass is 1010 g/mol. The summed E-state index contributed by atoms with van der Waals surface area (Å²) in [6, 6.07) is 6.40. The molecule has 68 heavy (non-hydrogen) atoms. The van der Waals surface area contributed by atoms with Crippen molar-refractivity contribution in [2.75, 3.05) is 10.5 Å². The second kappa shape index (κ2) is 17.3. The minimum absolute atomic E-state index is 0.00938. The van der Waals surface area contributed by atoms with Crippen LogP contribution in [-0.4, -0.2) is 69.5 Å². The minimum atomic E-state index is -4.08. The van der Waals surface area contributed by atoms with Gasteiger partial charge in [-0.25, -0.2) is 48.2 Å². The number of nitrogens with one attached hydrogen (secondary N) is 2. The molecular weight excluding hydrogens is 970 g/mol. The smallest absolute Gasteiger partial charge is 0.293 e. The second-order valence-corrected chi connectivity index (χ2v) is 23.3. The number of alkyl halides is 6. The number of nitrogens with zero attached hydrogens (tertiary/aromatic N) is 5. The van der Waals surface area contributed by atoms with Crippen LogP contribution in [0.25, 0.3) is 22.0 Å². The van der Waals surface area contributed by atoms with E-state index in [2.05, 4.69) is 32.1 Å². The maximum atomic E-state index is 15.8. The number of hydrogen-bond donors (Lipinski definition) is 2. The van der Waals surface area contributed by atoms with E-state index in [9.17, 15) is 48.0 Å². The number of sulfonamides is 1. The van der Waals surface area contributed by atoms with Crippen molar-refractivity contribution in [1.82, 2.24) is 29.9 Å². The number of hydrogen-bond acceptors (Lipinski definition) is 8. The van der Waals surface area contributed by atoms with Crippen molar-refractivity contribution >= 4 is 54.1 Å². The summed E-state index contributed by atoms with van der Waals surface area (Å²) in [4.78, 5) is 19.0. The van der Waals surface area contributed by atoms with E-state index in [1.54, 1.807) is 0 Å². The van der Waals surface area contributed by atoms with Gasteiger partial charge < -0.3 is 5.32 Å². The third-order valence-corrected chi connectivity index (χ3v) is 17.5. The Bertz CT molecular complexity index is 3140. The summed E-state index contributed by atoms with van der Waals surface area (Å²) in [5.41, 5.74) is -2.49. The Labute approximate surface area is 390 Å². The second-order valence-electron chi connectivity index (χ2n) is 18.3. The fourth-order valence-electron chi connectivity index (χ4n) is 9.23. The molecule has 362 valence electrons. The predicted octanol–water partition coefficient (Wildman–Crippen LogP) is 8.99. The molecule has 0 unspecified atom stereocenters. The van der Waals surface area contributed by atoms with Gasteiger partial charge in [0, 0.05) is 28.7 Å². The lowest BCUT2D eigenvalue weighted by Crippen LogP contribution is -2.36. The van der Waals surface area contributed by atoms with Crippen LogP contribution in [0.5, 0.6) is 0 Å². The number of fused-ring (bicyclic) bond motifs is 4. The lowest BCUT2D eigenvalue weighted by molar-refractivity contribution is -0.123. The normalized spacial score (nSPS) is 19.4. The summed E-state index contributed by atoms with van der Waals surface area (Å²) in [5, 5.41) is 9.83. The van der Waals surface area contributed by atoms with E-state index >= 15 is 8.78 Å². The van der Waals surface area contributed by atoms with Crippen LogP contribution < -0.4 is 10.0 Å². The molecule has 0 aliphatic heterocycles. The van der Waals surface area contributed by atoms with Gasteiger partial charge in [0.2, 0.25) is 15.9 Å². The fraction of sp³-hybridized carbons (Fsp3) is 0.467. The van der Waals surface area contributed by atoms with Gasteiger partial charge in [-0.2, -0.15) is 19.0 Å². The lowest BCUT2D eigenvalue weighted by atomic mass is 9.73. The van der Waals surface area contributed by atoms with Crippen molar-refractivity contribution in [3.8, 4) is 23.0 Å². The van der Waals surface area contributed by atoms with Gasteiger partial charge in [-0.05, 0) is 112 Å². The Morgan fingerprint density at radius 2 is 1.60 bits per heavy atom. The zero-order chi connectivity index (χ0) is 48.8. The van der Waals surface area contributed by atoms with Crippen LogP contribution in [0.3, 0.4) is 0 Å². The van der Waals surface area contributed by atoms with E-state index in [-0.39, 0.29) is 79.9 Å². The average Bonchev–Trinajstić information content (AvgIpc) is 4.15. The van der Waals surface area contributed by atoms with E-state index in [4.69, 9.17) is 16.6 Å². The molecule has 4 aliphatic rings. The van der Waals surface area contributed by atoms with E-state index < -0.39 is 115 Å². The van der Waals surface area contributed by atoms with Gasteiger partial charge in [0.15, 0.2) is 15.7 Å². The quantitative estimate of drug-likeness (QED) is 0.0733. The largest absolute Gasteiger partial charge is 0.346 e. The summed E-state index contributed by atoms with van der Waals surface area (Å²) in [6.07, 6.45) is -4.26. The molecule has 9 rings (SSSR count). The molecule has 4 aliphatic carbocycles. The van der Waals surface area contributed by atoms with Crippen molar-refractivity contribution in [1.29, 1.82) is 0 Å². The molecule has 2 N–H and O–H groups in total. The molecule has 3 fully saturated rings. The first-order valence-electron chi connectivity index (χ1n) is 21.7. The molecule has 0 bridgehead atoms. The van der Waals surface area contributed by atoms with E-state index in [1.165, 1.54) is 38.1 Å². The molecule has 0 radical (unpaired) electrons. The van der Waals surface area contributed by atoms with Crippen molar-refractivity contribution in [2.45, 2.75) is 113 Å². The maximum Gasteiger partial charge on any atom is 0.293 e. The summed E-state index contributed by atoms with van der Waals surface area (Å²) in [5.74, 6) is -4.13. The standard InChI is InChI=1S/C45H42ClF8N7O5S2/c1-44(2,68(65,66)27-6-7-27)14-13-26-5-8-28(29-10-12-32(46)37-40(29)60(19-34(49)50)58-43(37)59-67(63,64)21-22-3-4-22)38(55-26)33(17-23-15-24(47)18-25(48)16-23)56-35(62)20-61-41-36(39(57-61)42(51)52)30-9-11-31(30)45(41,53)54/h5,8,10,12,15-16,18,22,27,30-31,33-34,42H,3-4,6-7,9,11,17,19-21H2,1-2H3,(H,56,62)(H,58,59)/t30-,31+,33-/m0/s1. The van der Waals surface area contributed by atoms with Gasteiger partial charge >= 0.3 is 0 Å². The van der Waals surface area contributed by atoms with Crippen LogP contribution in [0.4, 0.5) is 40.9 Å². The highest BCUT2D eigenvalue weighted by Gasteiger charge is 2.62. The van der Waals surface area contributed by atoms with Crippen LogP contribution >= 0.6 is 11.6 Å². The molecular formula is C45H42ClF8N7O5S2. The number of rotatable bonds is 16. The van der Waals surface area contributed by atoms with E-state index in [1.807, 2.05) is 0 Å². The number of halogens is 9. The zero-order valence-corrected chi connectivity index (χ0v) is 38.5. The van der Waals surface area contributed by atoms with E-state index in [0.29, 0.717) is 36.4 Å². The molecule has 0 saturated heterocycles. The first-order chi connectivity index (χ1) is 31.9. The topological polar surface area (TPSA) is 158 Å². The molecule has 1 amide bonds. The van der Waals surface area contributed by atoms with Crippen LogP contribution in [0.1, 0.15) is 105 Å². The summed E-state index contributed by atoms with van der Waals surface area (Å²) in [7, 11) is -7.83.